The van der Waals surface area contributed by atoms with E-state index in [1.54, 1.807) is 0 Å². The summed E-state index contributed by atoms with van der Waals surface area (Å²) in [7, 11) is 2.17. The van der Waals surface area contributed by atoms with Gasteiger partial charge in [-0.2, -0.15) is 0 Å². The van der Waals surface area contributed by atoms with Gasteiger partial charge < -0.3 is 10.2 Å². The number of hydrogen-bond acceptors (Lipinski definition) is 2. The Morgan fingerprint density at radius 2 is 2.24 bits per heavy atom. The van der Waals surface area contributed by atoms with Crippen LogP contribution in [-0.4, -0.2) is 31.6 Å². The number of para-hydroxylation sites is 1. The van der Waals surface area contributed by atoms with Crippen molar-refractivity contribution in [2.45, 2.75) is 19.3 Å². The van der Waals surface area contributed by atoms with Gasteiger partial charge in [-0.05, 0) is 38.6 Å². The largest absolute Gasteiger partial charge is 0.384 e. The van der Waals surface area contributed by atoms with Gasteiger partial charge in [-0.1, -0.05) is 30.4 Å². The first kappa shape index (κ1) is 12.2. The zero-order valence-electron chi connectivity index (χ0n) is 10.9. The number of nitrogens with one attached hydrogen (secondary N) is 1. The van der Waals surface area contributed by atoms with Crippen molar-refractivity contribution in [2.75, 3.05) is 32.0 Å². The molecule has 92 valence electrons. The number of nitrogens with zero attached hydrogens (tertiary/aromatic N) is 1. The number of benzene rings is 1. The Morgan fingerprint density at radius 3 is 3.00 bits per heavy atom. The average Bonchev–Trinajstić information content (AvgIpc) is 2.69. The van der Waals surface area contributed by atoms with Crippen LogP contribution in [0.3, 0.4) is 0 Å². The molecule has 1 aromatic rings. The fourth-order valence-electron chi connectivity index (χ4n) is 2.53. The van der Waals surface area contributed by atoms with Crippen molar-refractivity contribution in [1.82, 2.24) is 4.90 Å². The van der Waals surface area contributed by atoms with Crippen LogP contribution in [0.4, 0.5) is 5.69 Å². The molecule has 1 aliphatic rings. The first-order valence-corrected chi connectivity index (χ1v) is 6.32. The lowest BCUT2D eigenvalue weighted by Gasteiger charge is -2.19. The molecule has 0 aliphatic carbocycles. The summed E-state index contributed by atoms with van der Waals surface area (Å²) < 4.78 is 0. The molecule has 2 heteroatoms. The third-order valence-electron chi connectivity index (χ3n) is 3.34. The van der Waals surface area contributed by atoms with E-state index in [0.717, 1.165) is 19.6 Å². The molecule has 1 heterocycles. The maximum Gasteiger partial charge on any atom is 0.0376 e. The Labute approximate surface area is 104 Å². The van der Waals surface area contributed by atoms with E-state index in [2.05, 4.69) is 55.0 Å². The minimum absolute atomic E-state index is 0.666. The number of rotatable bonds is 5. The van der Waals surface area contributed by atoms with Crippen molar-refractivity contribution < 1.29 is 0 Å². The molecule has 0 saturated heterocycles. The molecule has 1 atom stereocenters. The normalized spacial score (nSPS) is 17.9. The average molecular weight is 230 g/mol. The SMILES string of the molecule is C=C(C)CN(C)CCC1CNc2ccccc21. The van der Waals surface area contributed by atoms with Crippen molar-refractivity contribution >= 4 is 5.69 Å². The summed E-state index contributed by atoms with van der Waals surface area (Å²) in [5, 5.41) is 3.48. The first-order valence-electron chi connectivity index (χ1n) is 6.32. The second-order valence-corrected chi connectivity index (χ2v) is 5.15. The summed E-state index contributed by atoms with van der Waals surface area (Å²) >= 11 is 0. The summed E-state index contributed by atoms with van der Waals surface area (Å²) in [6.45, 7) is 9.26. The molecule has 0 fully saturated rings. The predicted octanol–water partition coefficient (Wildman–Crippen LogP) is 3.09. The van der Waals surface area contributed by atoms with Crippen LogP contribution in [0.5, 0.6) is 0 Å². The van der Waals surface area contributed by atoms with Gasteiger partial charge in [0.2, 0.25) is 0 Å². The summed E-state index contributed by atoms with van der Waals surface area (Å²) in [6.07, 6.45) is 1.22. The molecule has 0 aromatic heterocycles. The second kappa shape index (κ2) is 5.37. The zero-order valence-corrected chi connectivity index (χ0v) is 10.9. The molecule has 0 bridgehead atoms. The summed E-state index contributed by atoms with van der Waals surface area (Å²) in [4.78, 5) is 2.35. The van der Waals surface area contributed by atoms with E-state index in [1.807, 2.05) is 0 Å². The Kier molecular flexibility index (Phi) is 3.85. The number of hydrogen-bond donors (Lipinski definition) is 1. The Balaban J connectivity index is 1.87. The number of likely N-dealkylation sites (N-methyl/N-ethyl adjacent to an activating group) is 1. The van der Waals surface area contributed by atoms with Crippen LogP contribution >= 0.6 is 0 Å². The number of fused-ring (bicyclic) bond motifs is 1. The lowest BCUT2D eigenvalue weighted by molar-refractivity contribution is 0.346. The van der Waals surface area contributed by atoms with Crippen molar-refractivity contribution in [1.29, 1.82) is 0 Å². The molecule has 2 rings (SSSR count). The van der Waals surface area contributed by atoms with E-state index in [4.69, 9.17) is 0 Å². The van der Waals surface area contributed by atoms with E-state index in [1.165, 1.54) is 23.2 Å². The minimum atomic E-state index is 0.666. The lowest BCUT2D eigenvalue weighted by atomic mass is 9.98. The van der Waals surface area contributed by atoms with Crippen molar-refractivity contribution in [3.05, 3.63) is 42.0 Å². The molecular formula is C15H22N2. The number of anilines is 1. The highest BCUT2D eigenvalue weighted by molar-refractivity contribution is 5.57. The standard InChI is InChI=1S/C15H22N2/c1-12(2)11-17(3)9-8-13-10-16-15-7-5-4-6-14(13)15/h4-7,13,16H,1,8-11H2,2-3H3. The third kappa shape index (κ3) is 3.10. The Bertz CT molecular complexity index is 398. The maximum atomic E-state index is 3.96. The van der Waals surface area contributed by atoms with Crippen LogP contribution in [0.2, 0.25) is 0 Å². The van der Waals surface area contributed by atoms with E-state index in [-0.39, 0.29) is 0 Å². The topological polar surface area (TPSA) is 15.3 Å². The van der Waals surface area contributed by atoms with Crippen LogP contribution < -0.4 is 5.32 Å². The van der Waals surface area contributed by atoms with Gasteiger partial charge in [0.05, 0.1) is 0 Å². The lowest BCUT2D eigenvalue weighted by Crippen LogP contribution is -2.23. The highest BCUT2D eigenvalue weighted by Crippen LogP contribution is 2.33. The minimum Gasteiger partial charge on any atom is -0.384 e. The van der Waals surface area contributed by atoms with Gasteiger partial charge in [-0.25, -0.2) is 0 Å². The molecule has 1 N–H and O–H groups in total. The molecule has 2 nitrogen and oxygen atoms in total. The van der Waals surface area contributed by atoms with Crippen molar-refractivity contribution in [3.63, 3.8) is 0 Å². The van der Waals surface area contributed by atoms with Gasteiger partial charge in [0.15, 0.2) is 0 Å². The zero-order chi connectivity index (χ0) is 12.3. The molecule has 1 aromatic carbocycles. The maximum absolute atomic E-state index is 3.96. The van der Waals surface area contributed by atoms with Gasteiger partial charge in [-0.3, -0.25) is 0 Å². The summed E-state index contributed by atoms with van der Waals surface area (Å²) in [5.41, 5.74) is 4.04. The molecule has 0 spiro atoms. The molecule has 1 aliphatic heterocycles. The van der Waals surface area contributed by atoms with E-state index >= 15 is 0 Å². The predicted molar refractivity (Wildman–Crippen MR) is 74.6 cm³/mol. The van der Waals surface area contributed by atoms with Gasteiger partial charge in [0, 0.05) is 24.7 Å². The van der Waals surface area contributed by atoms with Crippen LogP contribution in [-0.2, 0) is 0 Å². The fourth-order valence-corrected chi connectivity index (χ4v) is 2.53. The van der Waals surface area contributed by atoms with Gasteiger partial charge >= 0.3 is 0 Å². The molecular weight excluding hydrogens is 208 g/mol. The van der Waals surface area contributed by atoms with E-state index in [0.29, 0.717) is 5.92 Å². The molecule has 0 radical (unpaired) electrons. The van der Waals surface area contributed by atoms with Gasteiger partial charge in [0.25, 0.3) is 0 Å². The van der Waals surface area contributed by atoms with Crippen LogP contribution in [0.1, 0.15) is 24.8 Å². The molecule has 17 heavy (non-hydrogen) atoms. The summed E-state index contributed by atoms with van der Waals surface area (Å²) in [6, 6.07) is 8.66. The van der Waals surface area contributed by atoms with Gasteiger partial charge in [0.1, 0.15) is 0 Å². The Morgan fingerprint density at radius 1 is 1.47 bits per heavy atom. The van der Waals surface area contributed by atoms with Crippen LogP contribution in [0.25, 0.3) is 0 Å². The van der Waals surface area contributed by atoms with Crippen molar-refractivity contribution in [2.24, 2.45) is 0 Å². The van der Waals surface area contributed by atoms with E-state index in [9.17, 15) is 0 Å². The molecule has 0 amide bonds. The van der Waals surface area contributed by atoms with Crippen LogP contribution in [0.15, 0.2) is 36.4 Å². The quantitative estimate of drug-likeness (QED) is 0.782. The fraction of sp³-hybridized carbons (Fsp3) is 0.467. The highest BCUT2D eigenvalue weighted by Gasteiger charge is 2.21. The molecule has 0 saturated carbocycles. The van der Waals surface area contributed by atoms with E-state index < -0.39 is 0 Å². The highest BCUT2D eigenvalue weighted by atomic mass is 15.1. The second-order valence-electron chi connectivity index (χ2n) is 5.15. The smallest absolute Gasteiger partial charge is 0.0376 e. The third-order valence-corrected chi connectivity index (χ3v) is 3.34. The first-order chi connectivity index (χ1) is 8.16. The monoisotopic (exact) mass is 230 g/mol. The van der Waals surface area contributed by atoms with Crippen molar-refractivity contribution in [3.8, 4) is 0 Å². The Hall–Kier alpha value is -1.28. The van der Waals surface area contributed by atoms with Crippen LogP contribution in [0, 0.1) is 0 Å². The molecule has 1 unspecified atom stereocenters. The van der Waals surface area contributed by atoms with Gasteiger partial charge in [-0.15, -0.1) is 0 Å². The summed E-state index contributed by atoms with van der Waals surface area (Å²) in [5.74, 6) is 0.666.